The predicted octanol–water partition coefficient (Wildman–Crippen LogP) is 3.14. The molecule has 76 valence electrons. The van der Waals surface area contributed by atoms with Gasteiger partial charge in [0.2, 0.25) is 5.95 Å². The average Bonchev–Trinajstić information content (AvgIpc) is 2.17. The number of hydrogen-bond acceptors (Lipinski definition) is 3. The molecule has 0 aliphatic heterocycles. The molecule has 0 saturated heterocycles. The Kier molecular flexibility index (Phi) is 2.88. The largest absolute Gasteiger partial charge is 0.368 e. The highest BCUT2D eigenvalue weighted by atomic mass is 79.9. The fourth-order valence-electron chi connectivity index (χ4n) is 1.22. The minimum atomic E-state index is 0.242. The number of anilines is 1. The lowest BCUT2D eigenvalue weighted by Crippen LogP contribution is -1.95. The van der Waals surface area contributed by atoms with Crippen LogP contribution in [0.5, 0.6) is 0 Å². The molecule has 0 amide bonds. The minimum absolute atomic E-state index is 0.242. The summed E-state index contributed by atoms with van der Waals surface area (Å²) in [6.45, 7) is 0. The van der Waals surface area contributed by atoms with E-state index in [1.807, 2.05) is 18.2 Å². The number of aromatic nitrogens is 2. The number of nitrogen functional groups attached to an aromatic ring is 1. The average molecular weight is 285 g/mol. The van der Waals surface area contributed by atoms with Gasteiger partial charge in [0.1, 0.15) is 0 Å². The molecule has 2 rings (SSSR count). The first-order valence-electron chi connectivity index (χ1n) is 4.21. The van der Waals surface area contributed by atoms with Crippen LogP contribution in [0.1, 0.15) is 0 Å². The van der Waals surface area contributed by atoms with E-state index in [9.17, 15) is 0 Å². The van der Waals surface area contributed by atoms with Crippen LogP contribution >= 0.6 is 27.5 Å². The third-order valence-corrected chi connectivity index (χ3v) is 2.69. The molecule has 0 aliphatic rings. The zero-order valence-corrected chi connectivity index (χ0v) is 9.96. The monoisotopic (exact) mass is 283 g/mol. The number of halogens is 2. The molecule has 2 aromatic rings. The summed E-state index contributed by atoms with van der Waals surface area (Å²) in [6.07, 6.45) is 1.61. The van der Waals surface area contributed by atoms with Crippen LogP contribution in [-0.4, -0.2) is 9.97 Å². The third kappa shape index (κ3) is 2.27. The second-order valence-electron chi connectivity index (χ2n) is 2.92. The van der Waals surface area contributed by atoms with Crippen molar-refractivity contribution in [2.75, 3.05) is 5.73 Å². The molecule has 0 unspecified atom stereocenters. The Morgan fingerprint density at radius 3 is 2.73 bits per heavy atom. The van der Waals surface area contributed by atoms with Crippen LogP contribution in [0, 0.1) is 0 Å². The summed E-state index contributed by atoms with van der Waals surface area (Å²) >= 11 is 9.43. The van der Waals surface area contributed by atoms with E-state index < -0.39 is 0 Å². The summed E-state index contributed by atoms with van der Waals surface area (Å²) in [4.78, 5) is 7.93. The number of rotatable bonds is 1. The molecular weight excluding hydrogens is 277 g/mol. The van der Waals surface area contributed by atoms with Gasteiger partial charge in [0.15, 0.2) is 0 Å². The fourth-order valence-corrected chi connectivity index (χ4v) is 1.99. The Bertz CT molecular complexity index is 502. The Hall–Kier alpha value is -1.13. The van der Waals surface area contributed by atoms with Gasteiger partial charge in [-0.1, -0.05) is 33.6 Å². The Balaban J connectivity index is 2.54. The highest BCUT2D eigenvalue weighted by Gasteiger charge is 2.05. The van der Waals surface area contributed by atoms with Gasteiger partial charge in [-0.05, 0) is 18.2 Å². The Morgan fingerprint density at radius 2 is 2.07 bits per heavy atom. The van der Waals surface area contributed by atoms with E-state index >= 15 is 0 Å². The van der Waals surface area contributed by atoms with Gasteiger partial charge in [0, 0.05) is 16.2 Å². The lowest BCUT2D eigenvalue weighted by atomic mass is 10.1. The standard InChI is InChI=1S/C10H7BrClN3/c11-6-1-2-7(8(12)5-6)9-3-4-14-10(13)15-9/h1-5H,(H2,13,14,15). The van der Waals surface area contributed by atoms with Gasteiger partial charge in [-0.3, -0.25) is 0 Å². The van der Waals surface area contributed by atoms with Gasteiger partial charge in [-0.25, -0.2) is 9.97 Å². The maximum Gasteiger partial charge on any atom is 0.220 e. The van der Waals surface area contributed by atoms with Crippen molar-refractivity contribution in [1.29, 1.82) is 0 Å². The van der Waals surface area contributed by atoms with Crippen molar-refractivity contribution in [3.8, 4) is 11.3 Å². The normalized spacial score (nSPS) is 10.3. The van der Waals surface area contributed by atoms with Crippen molar-refractivity contribution in [2.24, 2.45) is 0 Å². The van der Waals surface area contributed by atoms with Crippen LogP contribution < -0.4 is 5.73 Å². The first-order valence-corrected chi connectivity index (χ1v) is 5.38. The fraction of sp³-hybridized carbons (Fsp3) is 0. The molecule has 15 heavy (non-hydrogen) atoms. The summed E-state index contributed by atoms with van der Waals surface area (Å²) in [5, 5.41) is 0.627. The molecule has 2 N–H and O–H groups in total. The van der Waals surface area contributed by atoms with Gasteiger partial charge in [0.05, 0.1) is 10.7 Å². The van der Waals surface area contributed by atoms with Crippen molar-refractivity contribution < 1.29 is 0 Å². The molecule has 0 atom stereocenters. The highest BCUT2D eigenvalue weighted by Crippen LogP contribution is 2.29. The van der Waals surface area contributed by atoms with Crippen LogP contribution in [0.25, 0.3) is 11.3 Å². The molecule has 1 aromatic heterocycles. The van der Waals surface area contributed by atoms with Crippen LogP contribution in [0.4, 0.5) is 5.95 Å². The van der Waals surface area contributed by atoms with Crippen molar-refractivity contribution in [2.45, 2.75) is 0 Å². The van der Waals surface area contributed by atoms with Crippen molar-refractivity contribution in [1.82, 2.24) is 9.97 Å². The van der Waals surface area contributed by atoms with Gasteiger partial charge in [0.25, 0.3) is 0 Å². The lowest BCUT2D eigenvalue weighted by Gasteiger charge is -2.04. The Labute approximate surface area is 100 Å². The third-order valence-electron chi connectivity index (χ3n) is 1.88. The number of nitrogens with zero attached hydrogens (tertiary/aromatic N) is 2. The molecule has 0 spiro atoms. The molecule has 1 heterocycles. The second kappa shape index (κ2) is 4.16. The summed E-state index contributed by atoms with van der Waals surface area (Å²) in [5.74, 6) is 0.242. The highest BCUT2D eigenvalue weighted by molar-refractivity contribution is 9.10. The maximum absolute atomic E-state index is 6.09. The molecule has 0 bridgehead atoms. The summed E-state index contributed by atoms with van der Waals surface area (Å²) in [5.41, 5.74) is 7.07. The summed E-state index contributed by atoms with van der Waals surface area (Å²) in [6, 6.07) is 7.37. The molecule has 3 nitrogen and oxygen atoms in total. The SMILES string of the molecule is Nc1nccc(-c2ccc(Br)cc2Cl)n1. The first kappa shape index (κ1) is 10.4. The van der Waals surface area contributed by atoms with E-state index in [2.05, 4.69) is 25.9 Å². The molecule has 1 aromatic carbocycles. The molecule has 5 heteroatoms. The van der Waals surface area contributed by atoms with E-state index in [0.29, 0.717) is 5.02 Å². The van der Waals surface area contributed by atoms with Crippen molar-refractivity contribution >= 4 is 33.5 Å². The molecular formula is C10H7BrClN3. The van der Waals surface area contributed by atoms with Crippen LogP contribution in [0.15, 0.2) is 34.9 Å². The predicted molar refractivity (Wildman–Crippen MR) is 64.6 cm³/mol. The van der Waals surface area contributed by atoms with E-state index in [4.69, 9.17) is 17.3 Å². The first-order chi connectivity index (χ1) is 7.16. The second-order valence-corrected chi connectivity index (χ2v) is 4.25. The Morgan fingerprint density at radius 1 is 1.27 bits per heavy atom. The topological polar surface area (TPSA) is 51.8 Å². The van der Waals surface area contributed by atoms with Gasteiger partial charge in [-0.2, -0.15) is 0 Å². The van der Waals surface area contributed by atoms with Crippen molar-refractivity contribution in [3.63, 3.8) is 0 Å². The van der Waals surface area contributed by atoms with Gasteiger partial charge in [-0.15, -0.1) is 0 Å². The summed E-state index contributed by atoms with van der Waals surface area (Å²) < 4.78 is 0.929. The quantitative estimate of drug-likeness (QED) is 0.875. The van der Waals surface area contributed by atoms with E-state index in [0.717, 1.165) is 15.7 Å². The van der Waals surface area contributed by atoms with E-state index in [1.165, 1.54) is 0 Å². The minimum Gasteiger partial charge on any atom is -0.368 e. The van der Waals surface area contributed by atoms with Crippen LogP contribution in [0.2, 0.25) is 5.02 Å². The molecule has 0 saturated carbocycles. The zero-order chi connectivity index (χ0) is 10.8. The zero-order valence-electron chi connectivity index (χ0n) is 7.61. The molecule has 0 fully saturated rings. The number of hydrogen-bond donors (Lipinski definition) is 1. The molecule has 0 aliphatic carbocycles. The number of nitrogens with two attached hydrogens (primary N) is 1. The van der Waals surface area contributed by atoms with Gasteiger partial charge < -0.3 is 5.73 Å². The summed E-state index contributed by atoms with van der Waals surface area (Å²) in [7, 11) is 0. The van der Waals surface area contributed by atoms with Crippen molar-refractivity contribution in [3.05, 3.63) is 40.0 Å². The lowest BCUT2D eigenvalue weighted by molar-refractivity contribution is 1.19. The maximum atomic E-state index is 6.09. The van der Waals surface area contributed by atoms with Gasteiger partial charge >= 0.3 is 0 Å². The van der Waals surface area contributed by atoms with Crippen LogP contribution in [0.3, 0.4) is 0 Å². The molecule has 0 radical (unpaired) electrons. The smallest absolute Gasteiger partial charge is 0.220 e. The van der Waals surface area contributed by atoms with Crippen LogP contribution in [-0.2, 0) is 0 Å². The van der Waals surface area contributed by atoms with E-state index in [-0.39, 0.29) is 5.95 Å². The number of benzene rings is 1. The van der Waals surface area contributed by atoms with E-state index in [1.54, 1.807) is 12.3 Å².